The molecule has 1 nitrogen and oxygen atoms in total. The molecule has 0 N–H and O–H groups in total. The zero-order chi connectivity index (χ0) is 8.48. The van der Waals surface area contributed by atoms with Crippen molar-refractivity contribution in [2.45, 2.75) is 44.9 Å². The van der Waals surface area contributed by atoms with Crippen LogP contribution in [0.1, 0.15) is 39.5 Å². The van der Waals surface area contributed by atoms with E-state index in [9.17, 15) is 4.79 Å². The molecule has 11 heavy (non-hydrogen) atoms. The molecule has 1 saturated carbocycles. The van der Waals surface area contributed by atoms with E-state index >= 15 is 0 Å². The quantitative estimate of drug-likeness (QED) is 0.589. The Labute approximate surface area is 73.1 Å². The topological polar surface area (TPSA) is 17.1 Å². The number of hydrogen-bond donors (Lipinski definition) is 0. The van der Waals surface area contributed by atoms with Crippen LogP contribution in [-0.2, 0) is 4.79 Å². The molecule has 0 aliphatic heterocycles. The molecule has 1 aliphatic rings. The molecule has 0 aromatic carbocycles. The fourth-order valence-electron chi connectivity index (χ4n) is 2.05. The van der Waals surface area contributed by atoms with Crippen LogP contribution >= 0.6 is 11.6 Å². The monoisotopic (exact) mass is 174 g/mol. The van der Waals surface area contributed by atoms with E-state index in [-0.39, 0.29) is 10.8 Å². The van der Waals surface area contributed by atoms with Crippen LogP contribution in [0.15, 0.2) is 0 Å². The van der Waals surface area contributed by atoms with Crippen molar-refractivity contribution in [3.8, 4) is 0 Å². The Morgan fingerprint density at radius 3 is 2.27 bits per heavy atom. The predicted molar refractivity (Wildman–Crippen MR) is 46.9 cm³/mol. The first kappa shape index (κ1) is 9.05. The van der Waals surface area contributed by atoms with Crippen LogP contribution in [0.5, 0.6) is 0 Å². The Kier molecular flexibility index (Phi) is 2.58. The van der Waals surface area contributed by atoms with Crippen LogP contribution in [0.2, 0.25) is 0 Å². The highest BCUT2D eigenvalue weighted by Crippen LogP contribution is 2.44. The van der Waals surface area contributed by atoms with E-state index in [1.165, 1.54) is 0 Å². The van der Waals surface area contributed by atoms with Gasteiger partial charge in [0.15, 0.2) is 0 Å². The molecule has 1 rings (SSSR count). The van der Waals surface area contributed by atoms with Crippen LogP contribution in [0.25, 0.3) is 0 Å². The normalized spacial score (nSPS) is 29.4. The van der Waals surface area contributed by atoms with E-state index in [2.05, 4.69) is 13.8 Å². The number of rotatable bonds is 2. The van der Waals surface area contributed by atoms with Crippen molar-refractivity contribution < 1.29 is 4.79 Å². The number of halogens is 1. The van der Waals surface area contributed by atoms with E-state index in [1.54, 1.807) is 0 Å². The molecule has 0 radical (unpaired) electrons. The molecule has 0 heterocycles. The summed E-state index contributed by atoms with van der Waals surface area (Å²) in [5.41, 5.74) is -0.179. The minimum Gasteiger partial charge on any atom is -0.299 e. The lowest BCUT2D eigenvalue weighted by molar-refractivity contribution is -0.126. The highest BCUT2D eigenvalue weighted by molar-refractivity contribution is 6.24. The van der Waals surface area contributed by atoms with E-state index in [4.69, 9.17) is 11.6 Å². The van der Waals surface area contributed by atoms with Gasteiger partial charge >= 0.3 is 0 Å². The van der Waals surface area contributed by atoms with Crippen molar-refractivity contribution in [3.63, 3.8) is 0 Å². The van der Waals surface area contributed by atoms with Crippen molar-refractivity contribution in [2.75, 3.05) is 0 Å². The summed E-state index contributed by atoms with van der Waals surface area (Å²) in [7, 11) is 0. The van der Waals surface area contributed by atoms with Gasteiger partial charge in [-0.05, 0) is 19.3 Å². The fourth-order valence-corrected chi connectivity index (χ4v) is 2.58. The summed E-state index contributed by atoms with van der Waals surface area (Å²) >= 11 is 6.11. The van der Waals surface area contributed by atoms with Crippen molar-refractivity contribution >= 4 is 17.4 Å². The highest BCUT2D eigenvalue weighted by Gasteiger charge is 2.45. The maximum Gasteiger partial charge on any atom is 0.140 e. The molecule has 0 aromatic heterocycles. The third-order valence-corrected chi connectivity index (χ3v) is 3.68. The molecule has 0 spiro atoms. The molecule has 0 saturated heterocycles. The molecular formula is C9H15ClO. The predicted octanol–water partition coefficient (Wildman–Crippen LogP) is 2.76. The van der Waals surface area contributed by atoms with Gasteiger partial charge in [0.1, 0.15) is 5.78 Å². The standard InChI is InChI=1S/C9H15ClO/c1-3-9(4-2)7(10)5-6-8(9)11/h7H,3-6H2,1-2H3. The molecule has 1 fully saturated rings. The lowest BCUT2D eigenvalue weighted by Crippen LogP contribution is -2.31. The Hall–Kier alpha value is -0.0400. The van der Waals surface area contributed by atoms with Gasteiger partial charge in [0, 0.05) is 17.2 Å². The summed E-state index contributed by atoms with van der Waals surface area (Å²) in [4.78, 5) is 11.5. The first-order valence-corrected chi connectivity index (χ1v) is 4.78. The van der Waals surface area contributed by atoms with E-state index in [0.717, 1.165) is 19.3 Å². The maximum absolute atomic E-state index is 11.5. The first-order valence-electron chi connectivity index (χ1n) is 4.34. The molecule has 1 aliphatic carbocycles. The van der Waals surface area contributed by atoms with E-state index < -0.39 is 0 Å². The Bertz CT molecular complexity index is 161. The van der Waals surface area contributed by atoms with Crippen molar-refractivity contribution in [2.24, 2.45) is 5.41 Å². The summed E-state index contributed by atoms with van der Waals surface area (Å²) in [6, 6.07) is 0. The molecular weight excluding hydrogens is 160 g/mol. The number of carbonyl (C=O) groups is 1. The Balaban J connectivity index is 2.85. The van der Waals surface area contributed by atoms with Crippen LogP contribution in [0.3, 0.4) is 0 Å². The van der Waals surface area contributed by atoms with Crippen LogP contribution in [-0.4, -0.2) is 11.2 Å². The van der Waals surface area contributed by atoms with Gasteiger partial charge in [0.2, 0.25) is 0 Å². The van der Waals surface area contributed by atoms with Gasteiger partial charge in [-0.2, -0.15) is 0 Å². The van der Waals surface area contributed by atoms with Crippen molar-refractivity contribution in [1.82, 2.24) is 0 Å². The van der Waals surface area contributed by atoms with Gasteiger partial charge in [-0.3, -0.25) is 4.79 Å². The summed E-state index contributed by atoms with van der Waals surface area (Å²) in [5.74, 6) is 0.377. The lowest BCUT2D eigenvalue weighted by atomic mass is 9.80. The molecule has 0 amide bonds. The van der Waals surface area contributed by atoms with E-state index in [1.807, 2.05) is 0 Å². The Morgan fingerprint density at radius 1 is 1.55 bits per heavy atom. The van der Waals surface area contributed by atoms with Crippen LogP contribution in [0, 0.1) is 5.41 Å². The Morgan fingerprint density at radius 2 is 2.09 bits per heavy atom. The molecule has 1 atom stereocenters. The second-order valence-electron chi connectivity index (χ2n) is 3.29. The minimum atomic E-state index is -0.179. The summed E-state index contributed by atoms with van der Waals surface area (Å²) < 4.78 is 0. The van der Waals surface area contributed by atoms with Gasteiger partial charge in [-0.25, -0.2) is 0 Å². The zero-order valence-corrected chi connectivity index (χ0v) is 7.95. The second-order valence-corrected chi connectivity index (χ2v) is 3.82. The summed E-state index contributed by atoms with van der Waals surface area (Å²) in [5, 5.41) is 0.0880. The van der Waals surface area contributed by atoms with Crippen molar-refractivity contribution in [3.05, 3.63) is 0 Å². The summed E-state index contributed by atoms with van der Waals surface area (Å²) in [6.07, 6.45) is 3.37. The third-order valence-electron chi connectivity index (χ3n) is 3.04. The number of carbonyl (C=O) groups excluding carboxylic acids is 1. The summed E-state index contributed by atoms with van der Waals surface area (Å²) in [6.45, 7) is 4.12. The minimum absolute atomic E-state index is 0.0880. The maximum atomic E-state index is 11.5. The number of alkyl halides is 1. The molecule has 0 aromatic rings. The van der Waals surface area contributed by atoms with Crippen LogP contribution < -0.4 is 0 Å². The smallest absolute Gasteiger partial charge is 0.140 e. The van der Waals surface area contributed by atoms with Gasteiger partial charge in [0.25, 0.3) is 0 Å². The fraction of sp³-hybridized carbons (Fsp3) is 0.889. The largest absolute Gasteiger partial charge is 0.299 e. The van der Waals surface area contributed by atoms with E-state index in [0.29, 0.717) is 12.2 Å². The third kappa shape index (κ3) is 1.20. The highest BCUT2D eigenvalue weighted by atomic mass is 35.5. The first-order chi connectivity index (χ1) is 5.17. The van der Waals surface area contributed by atoms with Crippen LogP contribution in [0.4, 0.5) is 0 Å². The van der Waals surface area contributed by atoms with Gasteiger partial charge < -0.3 is 0 Å². The number of Topliss-reactive ketones (excluding diaryl/α,β-unsaturated/α-hetero) is 1. The molecule has 1 unspecified atom stereocenters. The number of ketones is 1. The van der Waals surface area contributed by atoms with Gasteiger partial charge in [-0.1, -0.05) is 13.8 Å². The average Bonchev–Trinajstić information content (AvgIpc) is 2.29. The van der Waals surface area contributed by atoms with Gasteiger partial charge in [-0.15, -0.1) is 11.6 Å². The second kappa shape index (κ2) is 3.14. The van der Waals surface area contributed by atoms with Crippen molar-refractivity contribution in [1.29, 1.82) is 0 Å². The SMILES string of the molecule is CCC1(CC)C(=O)CCC1Cl. The molecule has 0 bridgehead atoms. The zero-order valence-electron chi connectivity index (χ0n) is 7.19. The van der Waals surface area contributed by atoms with Gasteiger partial charge in [0.05, 0.1) is 0 Å². The number of hydrogen-bond acceptors (Lipinski definition) is 1. The molecule has 64 valence electrons. The lowest BCUT2D eigenvalue weighted by Gasteiger charge is -2.27. The average molecular weight is 175 g/mol. The molecule has 2 heteroatoms.